The van der Waals surface area contributed by atoms with E-state index < -0.39 is 35.5 Å². The molecule has 4 aromatic rings. The monoisotopic (exact) mass is 1070 g/mol. The van der Waals surface area contributed by atoms with Gasteiger partial charge in [0, 0.05) is 24.0 Å². The molecule has 76 heavy (non-hydrogen) atoms. The minimum atomic E-state index is -0.698. The van der Waals surface area contributed by atoms with Crippen molar-refractivity contribution < 1.29 is 33.4 Å². The molecular weight excluding hydrogens is 993 g/mol. The Bertz CT molecular complexity index is 2520. The Morgan fingerprint density at radius 2 is 1.20 bits per heavy atom. The van der Waals surface area contributed by atoms with Crippen molar-refractivity contribution in [2.24, 2.45) is 22.7 Å². The average molecular weight is 1070 g/mol. The molecule has 0 spiro atoms. The molecule has 0 aromatic heterocycles. The van der Waals surface area contributed by atoms with Crippen LogP contribution in [0.25, 0.3) is 10.8 Å². The third-order valence-electron chi connectivity index (χ3n) is 16.2. The lowest BCUT2D eigenvalue weighted by molar-refractivity contribution is -0.145. The number of hydrogen-bond donors (Lipinski definition) is 4. The molecule has 4 fully saturated rings. The van der Waals surface area contributed by atoms with Crippen molar-refractivity contribution in [1.29, 1.82) is 0 Å². The van der Waals surface area contributed by atoms with Gasteiger partial charge in [-0.3, -0.25) is 24.0 Å². The van der Waals surface area contributed by atoms with Crippen LogP contribution in [0.3, 0.4) is 0 Å². The number of nitrogens with zero attached hydrogens (tertiary/aromatic N) is 2. The summed E-state index contributed by atoms with van der Waals surface area (Å²) in [6.07, 6.45) is 3.80. The topological polar surface area (TPSA) is 158 Å². The van der Waals surface area contributed by atoms with E-state index in [9.17, 15) is 24.0 Å². The second-order valence-electron chi connectivity index (χ2n) is 22.8. The van der Waals surface area contributed by atoms with Crippen molar-refractivity contribution in [3.8, 4) is 0 Å². The highest BCUT2D eigenvalue weighted by molar-refractivity contribution is 8.00. The predicted molar refractivity (Wildman–Crippen MR) is 305 cm³/mol. The minimum Gasteiger partial charge on any atom is -0.374 e. The second-order valence-corrected chi connectivity index (χ2v) is 25.4. The molecule has 4 amide bonds. The zero-order chi connectivity index (χ0) is 54.3. The van der Waals surface area contributed by atoms with Gasteiger partial charge >= 0.3 is 0 Å². The Balaban J connectivity index is 0.892. The first-order valence-electron chi connectivity index (χ1n) is 27.3. The van der Waals surface area contributed by atoms with Crippen LogP contribution in [0.15, 0.2) is 109 Å². The average Bonchev–Trinajstić information content (AvgIpc) is 3.76. The van der Waals surface area contributed by atoms with Gasteiger partial charge in [0.2, 0.25) is 23.6 Å². The van der Waals surface area contributed by atoms with Gasteiger partial charge in [-0.25, -0.2) is 0 Å². The van der Waals surface area contributed by atoms with E-state index in [1.807, 2.05) is 93.2 Å². The van der Waals surface area contributed by atoms with Crippen LogP contribution in [0, 0.1) is 22.7 Å². The molecule has 408 valence electrons. The molecule has 4 aliphatic rings. The Labute approximate surface area is 459 Å². The van der Waals surface area contributed by atoms with E-state index >= 15 is 0 Å². The number of carbonyl (C=O) groups is 5. The summed E-state index contributed by atoms with van der Waals surface area (Å²) < 4.78 is 12.8. The van der Waals surface area contributed by atoms with Crippen molar-refractivity contribution in [3.63, 3.8) is 0 Å². The molecule has 8 rings (SSSR count). The summed E-state index contributed by atoms with van der Waals surface area (Å²) in [5, 5.41) is 15.0. The van der Waals surface area contributed by atoms with Gasteiger partial charge in [-0.1, -0.05) is 133 Å². The zero-order valence-electron chi connectivity index (χ0n) is 45.8. The van der Waals surface area contributed by atoms with Crippen molar-refractivity contribution in [2.75, 3.05) is 31.8 Å². The van der Waals surface area contributed by atoms with E-state index in [1.54, 1.807) is 23.7 Å². The number of ether oxygens (including phenoxy) is 2. The SMILES string of the molecule is C=C1[C@@H](NC(=O)[C@H](C)CC)CCS[C@H]2CC(C)(C)[C@@H](C(=O)N[C@H](COCc3ccc4cc(COC[C@@H](NC(=O)[C@H]5N6C(=O)[C@@H](CC(=O)[C@H](C)NC)CCS[C@H]6CC5(C)C)c5ccccc5)ccc4c3)c3ccccc3)N12. The summed E-state index contributed by atoms with van der Waals surface area (Å²) in [6, 6.07) is 29.7. The Morgan fingerprint density at radius 3 is 1.70 bits per heavy atom. The number of likely N-dealkylation sites (N-methyl/N-ethyl adjacent to an activating group) is 1. The lowest BCUT2D eigenvalue weighted by Crippen LogP contribution is -2.54. The standard InChI is InChI=1S/C61H80N6O7S2/c1-10-38(2)56(69)63-48-26-28-76-52-32-60(5,6)54(66(52)40(48)4)57(70)64-49(43-17-13-11-14-18-43)36-73-34-41-21-23-46-30-42(22-24-45(46)29-41)35-74-37-50(44-19-15-12-16-20-44)65-58(71)55-61(7,8)33-53-67(55)59(72)47(25-27-75-53)31-51(68)39(3)62-9/h11-24,29-30,38-39,47-50,52-55,62H,4,10,25-28,31-37H2,1-3,5-9H3,(H,63,69)(H,64,70)(H,65,71)/t38-,39+,47-,48+,49-,50-,52+,53+,54-,55-/m1/s1. The lowest BCUT2D eigenvalue weighted by atomic mass is 9.83. The number of rotatable bonds is 21. The first-order chi connectivity index (χ1) is 36.4. The summed E-state index contributed by atoms with van der Waals surface area (Å²) in [6.45, 7) is 19.9. The fourth-order valence-corrected chi connectivity index (χ4v) is 14.7. The summed E-state index contributed by atoms with van der Waals surface area (Å²) in [5.74, 6) is 0.675. The van der Waals surface area contributed by atoms with E-state index in [0.717, 1.165) is 69.5 Å². The summed E-state index contributed by atoms with van der Waals surface area (Å²) in [7, 11) is 1.75. The van der Waals surface area contributed by atoms with E-state index in [0.29, 0.717) is 26.1 Å². The second kappa shape index (κ2) is 25.1. The Hall–Kier alpha value is -5.19. The number of benzene rings is 4. The largest absolute Gasteiger partial charge is 0.374 e. The first-order valence-corrected chi connectivity index (χ1v) is 29.4. The maximum atomic E-state index is 14.6. The highest BCUT2D eigenvalue weighted by atomic mass is 32.2. The van der Waals surface area contributed by atoms with Crippen LogP contribution in [0.1, 0.15) is 121 Å². The number of carbonyl (C=O) groups excluding carboxylic acids is 5. The third-order valence-corrected chi connectivity index (χ3v) is 18.7. The van der Waals surface area contributed by atoms with Crippen molar-refractivity contribution in [1.82, 2.24) is 31.1 Å². The lowest BCUT2D eigenvalue weighted by Gasteiger charge is -2.38. The van der Waals surface area contributed by atoms with Crippen LogP contribution >= 0.6 is 23.5 Å². The number of thioether (sulfide) groups is 2. The molecule has 4 aliphatic heterocycles. The summed E-state index contributed by atoms with van der Waals surface area (Å²) in [5.41, 5.74) is 3.82. The van der Waals surface area contributed by atoms with E-state index in [4.69, 9.17) is 9.47 Å². The van der Waals surface area contributed by atoms with Crippen LogP contribution < -0.4 is 21.3 Å². The molecule has 4 saturated heterocycles. The van der Waals surface area contributed by atoms with Crippen molar-refractivity contribution in [3.05, 3.63) is 132 Å². The Kier molecular flexibility index (Phi) is 18.8. The van der Waals surface area contributed by atoms with E-state index in [2.05, 4.69) is 96.8 Å². The molecule has 4 aromatic carbocycles. The molecule has 0 unspecified atom stereocenters. The van der Waals surface area contributed by atoms with E-state index in [-0.39, 0.29) is 83.2 Å². The number of ketones is 1. The van der Waals surface area contributed by atoms with Crippen LogP contribution in [-0.2, 0) is 46.7 Å². The maximum absolute atomic E-state index is 14.6. The number of nitrogens with one attached hydrogen (secondary N) is 4. The number of hydrogen-bond acceptors (Lipinski definition) is 11. The van der Waals surface area contributed by atoms with Crippen LogP contribution in [0.5, 0.6) is 0 Å². The fraction of sp³-hybridized carbons (Fsp3) is 0.525. The zero-order valence-corrected chi connectivity index (χ0v) is 47.4. The molecule has 0 bridgehead atoms. The minimum absolute atomic E-state index is 0.00232. The van der Waals surface area contributed by atoms with Gasteiger partial charge < -0.3 is 40.5 Å². The number of Topliss-reactive ketones (excluding diaryl/α,β-unsaturated/α-hetero) is 1. The molecule has 13 nitrogen and oxygen atoms in total. The van der Waals surface area contributed by atoms with Gasteiger partial charge in [-0.2, -0.15) is 0 Å². The van der Waals surface area contributed by atoms with Gasteiger partial charge in [-0.05, 0) is 114 Å². The Morgan fingerprint density at radius 1 is 0.711 bits per heavy atom. The molecular formula is C61H80N6O7S2. The summed E-state index contributed by atoms with van der Waals surface area (Å²) >= 11 is 3.55. The maximum Gasteiger partial charge on any atom is 0.243 e. The fourth-order valence-electron chi connectivity index (χ4n) is 11.5. The molecule has 0 saturated carbocycles. The van der Waals surface area contributed by atoms with Gasteiger partial charge in [0.1, 0.15) is 17.9 Å². The smallest absolute Gasteiger partial charge is 0.243 e. The molecule has 15 heteroatoms. The third kappa shape index (κ3) is 13.2. The quantitative estimate of drug-likeness (QED) is 0.0630. The van der Waals surface area contributed by atoms with Gasteiger partial charge in [0.05, 0.1) is 61.3 Å². The molecule has 10 atom stereocenters. The number of amides is 4. The molecule has 0 aliphatic carbocycles. The molecule has 4 heterocycles. The van der Waals surface area contributed by atoms with E-state index in [1.165, 1.54) is 0 Å². The number of fused-ring (bicyclic) bond motifs is 3. The van der Waals surface area contributed by atoms with Crippen LogP contribution in [-0.4, -0.2) is 106 Å². The van der Waals surface area contributed by atoms with Crippen LogP contribution in [0.4, 0.5) is 0 Å². The first kappa shape index (κ1) is 57.0. The van der Waals surface area contributed by atoms with Gasteiger partial charge in [-0.15, -0.1) is 23.5 Å². The van der Waals surface area contributed by atoms with Gasteiger partial charge in [0.25, 0.3) is 0 Å². The highest BCUT2D eigenvalue weighted by Crippen LogP contribution is 2.49. The highest BCUT2D eigenvalue weighted by Gasteiger charge is 2.55. The normalized spacial score (nSPS) is 24.6. The predicted octanol–water partition coefficient (Wildman–Crippen LogP) is 9.47. The van der Waals surface area contributed by atoms with Crippen molar-refractivity contribution in [2.45, 2.75) is 147 Å². The van der Waals surface area contributed by atoms with Crippen molar-refractivity contribution >= 4 is 63.7 Å². The van der Waals surface area contributed by atoms with Crippen LogP contribution in [0.2, 0.25) is 0 Å². The molecule has 4 N–H and O–H groups in total. The molecule has 0 radical (unpaired) electrons. The summed E-state index contributed by atoms with van der Waals surface area (Å²) in [4.78, 5) is 73.5. The van der Waals surface area contributed by atoms with Gasteiger partial charge in [0.15, 0.2) is 0 Å².